The molecule has 4 nitrogen and oxygen atoms in total. The first-order chi connectivity index (χ1) is 22.8. The monoisotopic (exact) mass is 586 g/mol. The van der Waals surface area contributed by atoms with Crippen molar-refractivity contribution in [3.8, 4) is 22.5 Å². The Kier molecular flexibility index (Phi) is 5.25. The van der Waals surface area contributed by atoms with Crippen molar-refractivity contribution in [2.75, 3.05) is 0 Å². The number of rotatable bonds is 3. The van der Waals surface area contributed by atoms with Crippen LogP contribution in [0.1, 0.15) is 0 Å². The molecule has 0 aliphatic rings. The van der Waals surface area contributed by atoms with E-state index in [1.165, 1.54) is 43.4 Å². The Labute approximate surface area is 264 Å². The van der Waals surface area contributed by atoms with Crippen molar-refractivity contribution >= 4 is 65.4 Å². The van der Waals surface area contributed by atoms with Crippen LogP contribution in [0.2, 0.25) is 0 Å². The van der Waals surface area contributed by atoms with E-state index in [9.17, 15) is 0 Å². The van der Waals surface area contributed by atoms with Crippen molar-refractivity contribution in [1.82, 2.24) is 19.1 Å². The second kappa shape index (κ2) is 9.62. The standard InChI is InChI=1S/C42H26N4/c1-3-11-27(12-4-1)33-25-34-35(44-24-23-43-34)26-39(33)46-36-18-10-9-17-31(36)41-38(46)22-20-32-40-30-16-8-7-13-28(30)19-21-37(40)45(42(32)41)29-14-5-2-6-15-29/h1-26H. The minimum Gasteiger partial charge on any atom is -0.309 e. The molecule has 0 N–H and O–H groups in total. The third-order valence-electron chi connectivity index (χ3n) is 9.38. The third kappa shape index (κ3) is 3.49. The number of hydrogen-bond acceptors (Lipinski definition) is 2. The third-order valence-corrected chi connectivity index (χ3v) is 9.38. The Morgan fingerprint density at radius 2 is 1.09 bits per heavy atom. The Morgan fingerprint density at radius 3 is 1.91 bits per heavy atom. The van der Waals surface area contributed by atoms with Crippen LogP contribution in [-0.4, -0.2) is 19.1 Å². The number of benzene rings is 7. The maximum absolute atomic E-state index is 4.73. The smallest absolute Gasteiger partial charge is 0.0908 e. The highest BCUT2D eigenvalue weighted by molar-refractivity contribution is 6.30. The van der Waals surface area contributed by atoms with Gasteiger partial charge in [-0.2, -0.15) is 0 Å². The number of aromatic nitrogens is 4. The summed E-state index contributed by atoms with van der Waals surface area (Å²) in [5.74, 6) is 0. The average Bonchev–Trinajstić information content (AvgIpc) is 3.65. The molecule has 0 aliphatic heterocycles. The van der Waals surface area contributed by atoms with Crippen molar-refractivity contribution in [3.05, 3.63) is 158 Å². The van der Waals surface area contributed by atoms with E-state index >= 15 is 0 Å². The van der Waals surface area contributed by atoms with Crippen LogP contribution in [0, 0.1) is 0 Å². The molecule has 214 valence electrons. The molecular weight excluding hydrogens is 560 g/mol. The second-order valence-electron chi connectivity index (χ2n) is 11.8. The van der Waals surface area contributed by atoms with E-state index in [2.05, 4.69) is 160 Å². The molecule has 0 amide bonds. The largest absolute Gasteiger partial charge is 0.309 e. The van der Waals surface area contributed by atoms with Crippen LogP contribution in [0.4, 0.5) is 0 Å². The van der Waals surface area contributed by atoms with Crippen molar-refractivity contribution < 1.29 is 0 Å². The van der Waals surface area contributed by atoms with Crippen LogP contribution in [-0.2, 0) is 0 Å². The van der Waals surface area contributed by atoms with E-state index < -0.39 is 0 Å². The molecule has 0 unspecified atom stereocenters. The van der Waals surface area contributed by atoms with Gasteiger partial charge in [-0.3, -0.25) is 9.97 Å². The lowest BCUT2D eigenvalue weighted by atomic mass is 10.0. The summed E-state index contributed by atoms with van der Waals surface area (Å²) in [7, 11) is 0. The van der Waals surface area contributed by atoms with Gasteiger partial charge in [0.15, 0.2) is 0 Å². The van der Waals surface area contributed by atoms with Crippen LogP contribution in [0.25, 0.3) is 87.9 Å². The Morgan fingerprint density at radius 1 is 0.435 bits per heavy atom. The molecule has 10 aromatic rings. The van der Waals surface area contributed by atoms with E-state index in [4.69, 9.17) is 4.98 Å². The quantitative estimate of drug-likeness (QED) is 0.206. The van der Waals surface area contributed by atoms with Crippen molar-refractivity contribution in [2.45, 2.75) is 0 Å². The molecule has 0 saturated heterocycles. The number of fused-ring (bicyclic) bond motifs is 10. The lowest BCUT2D eigenvalue weighted by Gasteiger charge is -2.15. The fourth-order valence-corrected chi connectivity index (χ4v) is 7.46. The van der Waals surface area contributed by atoms with Gasteiger partial charge in [0.05, 0.1) is 38.8 Å². The average molecular weight is 587 g/mol. The normalized spacial score (nSPS) is 11.9. The molecule has 10 rings (SSSR count). The zero-order valence-corrected chi connectivity index (χ0v) is 24.8. The highest BCUT2D eigenvalue weighted by Crippen LogP contribution is 2.45. The van der Waals surface area contributed by atoms with Gasteiger partial charge in [-0.05, 0) is 58.8 Å². The van der Waals surface area contributed by atoms with Crippen molar-refractivity contribution in [1.29, 1.82) is 0 Å². The van der Waals surface area contributed by atoms with Gasteiger partial charge in [0, 0.05) is 45.2 Å². The van der Waals surface area contributed by atoms with E-state index in [-0.39, 0.29) is 0 Å². The molecule has 0 radical (unpaired) electrons. The zero-order valence-electron chi connectivity index (χ0n) is 24.8. The van der Waals surface area contributed by atoms with Crippen LogP contribution in [0.3, 0.4) is 0 Å². The van der Waals surface area contributed by atoms with Gasteiger partial charge in [0.2, 0.25) is 0 Å². The molecule has 0 atom stereocenters. The van der Waals surface area contributed by atoms with Gasteiger partial charge in [-0.25, -0.2) is 0 Å². The highest BCUT2D eigenvalue weighted by atomic mass is 15.0. The first kappa shape index (κ1) is 25.1. The minimum atomic E-state index is 0.869. The van der Waals surface area contributed by atoms with Crippen LogP contribution in [0.5, 0.6) is 0 Å². The number of nitrogens with zero attached hydrogens (tertiary/aromatic N) is 4. The van der Waals surface area contributed by atoms with Gasteiger partial charge in [0.25, 0.3) is 0 Å². The summed E-state index contributed by atoms with van der Waals surface area (Å²) in [6.45, 7) is 0. The van der Waals surface area contributed by atoms with Crippen molar-refractivity contribution in [3.63, 3.8) is 0 Å². The maximum Gasteiger partial charge on any atom is 0.0908 e. The van der Waals surface area contributed by atoms with Gasteiger partial charge >= 0.3 is 0 Å². The van der Waals surface area contributed by atoms with E-state index in [1.807, 2.05) is 0 Å². The summed E-state index contributed by atoms with van der Waals surface area (Å²) in [5, 5.41) is 7.48. The first-order valence-electron chi connectivity index (χ1n) is 15.6. The second-order valence-corrected chi connectivity index (χ2v) is 11.8. The zero-order chi connectivity index (χ0) is 30.2. The predicted octanol–water partition coefficient (Wildman–Crippen LogP) is 10.6. The minimum absolute atomic E-state index is 0.869. The molecule has 3 heterocycles. The predicted molar refractivity (Wildman–Crippen MR) is 191 cm³/mol. The molecule has 0 saturated carbocycles. The molecular formula is C42H26N4. The van der Waals surface area contributed by atoms with Crippen LogP contribution < -0.4 is 0 Å². The molecule has 7 aromatic carbocycles. The lowest BCUT2D eigenvalue weighted by molar-refractivity contribution is 1.17. The fourth-order valence-electron chi connectivity index (χ4n) is 7.46. The van der Waals surface area contributed by atoms with Gasteiger partial charge < -0.3 is 9.13 Å². The van der Waals surface area contributed by atoms with Gasteiger partial charge in [0.1, 0.15) is 0 Å². The molecule has 0 aliphatic carbocycles. The Balaban J connectivity index is 1.43. The summed E-state index contributed by atoms with van der Waals surface area (Å²) in [6.07, 6.45) is 3.53. The maximum atomic E-state index is 4.73. The summed E-state index contributed by atoms with van der Waals surface area (Å²) >= 11 is 0. The Hall–Kier alpha value is -6.26. The van der Waals surface area contributed by atoms with Crippen molar-refractivity contribution in [2.24, 2.45) is 0 Å². The van der Waals surface area contributed by atoms with E-state index in [1.54, 1.807) is 12.4 Å². The molecule has 0 fully saturated rings. The lowest BCUT2D eigenvalue weighted by Crippen LogP contribution is -1.99. The summed E-state index contributed by atoms with van der Waals surface area (Å²) in [5.41, 5.74) is 11.0. The van der Waals surface area contributed by atoms with E-state index in [0.717, 1.165) is 44.6 Å². The SMILES string of the molecule is c1ccc(-c2cc3nccnc3cc2-n2c3ccccc3c3c2ccc2c4c5ccccc5ccc4n(-c4ccccc4)c23)cc1. The summed E-state index contributed by atoms with van der Waals surface area (Å²) in [4.78, 5) is 9.40. The molecule has 0 spiro atoms. The van der Waals surface area contributed by atoms with Crippen LogP contribution >= 0.6 is 0 Å². The topological polar surface area (TPSA) is 35.6 Å². The van der Waals surface area contributed by atoms with Gasteiger partial charge in [-0.1, -0.05) is 103 Å². The number of hydrogen-bond donors (Lipinski definition) is 0. The first-order valence-corrected chi connectivity index (χ1v) is 15.6. The number of para-hydroxylation sites is 2. The molecule has 4 heteroatoms. The molecule has 0 bridgehead atoms. The Bertz CT molecular complexity index is 2790. The van der Waals surface area contributed by atoms with E-state index in [0.29, 0.717) is 0 Å². The summed E-state index contributed by atoms with van der Waals surface area (Å²) in [6, 6.07) is 52.4. The molecule has 46 heavy (non-hydrogen) atoms. The highest BCUT2D eigenvalue weighted by Gasteiger charge is 2.23. The summed E-state index contributed by atoms with van der Waals surface area (Å²) < 4.78 is 4.88. The fraction of sp³-hybridized carbons (Fsp3) is 0. The van der Waals surface area contributed by atoms with Gasteiger partial charge in [-0.15, -0.1) is 0 Å². The molecule has 3 aromatic heterocycles. The van der Waals surface area contributed by atoms with Crippen LogP contribution in [0.15, 0.2) is 158 Å².